The van der Waals surface area contributed by atoms with E-state index in [0.717, 1.165) is 27.8 Å². The zero-order valence-corrected chi connectivity index (χ0v) is 17.9. The van der Waals surface area contributed by atoms with Crippen LogP contribution >= 0.6 is 11.3 Å². The summed E-state index contributed by atoms with van der Waals surface area (Å²) in [6.45, 7) is 3.74. The van der Waals surface area contributed by atoms with Gasteiger partial charge < -0.3 is 10.6 Å². The molecule has 156 valence electrons. The number of fused-ring (bicyclic) bond motifs is 1. The Morgan fingerprint density at radius 1 is 1.16 bits per heavy atom. The Labute approximate surface area is 182 Å². The molecule has 1 aromatic carbocycles. The van der Waals surface area contributed by atoms with Crippen LogP contribution in [0.2, 0.25) is 0 Å². The molecule has 0 aliphatic carbocycles. The third-order valence-corrected chi connectivity index (χ3v) is 6.95. The predicted molar refractivity (Wildman–Crippen MR) is 120 cm³/mol. The van der Waals surface area contributed by atoms with Gasteiger partial charge in [0.2, 0.25) is 0 Å². The first kappa shape index (κ1) is 19.6. The second-order valence-corrected chi connectivity index (χ2v) is 8.88. The third-order valence-electron chi connectivity index (χ3n) is 5.87. The second-order valence-electron chi connectivity index (χ2n) is 7.88. The molecule has 31 heavy (non-hydrogen) atoms. The maximum absolute atomic E-state index is 15.6. The average molecular weight is 434 g/mol. The molecule has 1 saturated heterocycles. The van der Waals surface area contributed by atoms with Gasteiger partial charge in [-0.15, -0.1) is 16.4 Å². The average Bonchev–Trinajstić information content (AvgIpc) is 3.11. The van der Waals surface area contributed by atoms with E-state index >= 15 is 4.39 Å². The monoisotopic (exact) mass is 433 g/mol. The summed E-state index contributed by atoms with van der Waals surface area (Å²) in [6, 6.07) is 11.1. The minimum absolute atomic E-state index is 0.0142. The molecule has 0 unspecified atom stereocenters. The van der Waals surface area contributed by atoms with Gasteiger partial charge in [0.1, 0.15) is 9.71 Å². The molecule has 0 saturated carbocycles. The molecule has 4 heterocycles. The minimum Gasteiger partial charge on any atom is -0.397 e. The highest BCUT2D eigenvalue weighted by atomic mass is 32.1. The number of pyridine rings is 1. The van der Waals surface area contributed by atoms with E-state index in [1.807, 2.05) is 44.2 Å². The van der Waals surface area contributed by atoms with E-state index in [2.05, 4.69) is 15.2 Å². The van der Waals surface area contributed by atoms with Crippen LogP contribution in [0.5, 0.6) is 0 Å². The van der Waals surface area contributed by atoms with E-state index in [0.29, 0.717) is 21.0 Å². The summed E-state index contributed by atoms with van der Waals surface area (Å²) < 4.78 is 15.6. The van der Waals surface area contributed by atoms with E-state index in [-0.39, 0.29) is 19.0 Å². The first-order valence-corrected chi connectivity index (χ1v) is 10.7. The number of hydrogen-bond acceptors (Lipinski definition) is 6. The zero-order valence-electron chi connectivity index (χ0n) is 17.1. The number of anilines is 1. The molecule has 2 N–H and O–H groups in total. The highest BCUT2D eigenvalue weighted by Gasteiger charge is 2.48. The standard InChI is InChI=1S/C23H20FN5OS/c1-13-14(2)27-28-21-18(13)19(25)20(31-21)22(30)29-11-23(24,12-29)17-7-3-5-15(9-17)16-6-4-8-26-10-16/h3-10H,11-12,25H2,1-2H3. The molecule has 1 aliphatic rings. The minimum atomic E-state index is -1.59. The maximum atomic E-state index is 15.6. The Hall–Kier alpha value is -3.39. The number of amides is 1. The van der Waals surface area contributed by atoms with E-state index in [4.69, 9.17) is 5.73 Å². The number of halogens is 1. The lowest BCUT2D eigenvalue weighted by Crippen LogP contribution is -2.58. The van der Waals surface area contributed by atoms with E-state index in [1.165, 1.54) is 16.2 Å². The third kappa shape index (κ3) is 3.14. The molecule has 0 atom stereocenters. The molecule has 1 aliphatic heterocycles. The Kier molecular flexibility index (Phi) is 4.48. The van der Waals surface area contributed by atoms with Gasteiger partial charge in [-0.2, -0.15) is 5.10 Å². The number of carbonyl (C=O) groups is 1. The lowest BCUT2D eigenvalue weighted by atomic mass is 9.86. The quantitative estimate of drug-likeness (QED) is 0.521. The van der Waals surface area contributed by atoms with Gasteiger partial charge in [0.15, 0.2) is 5.67 Å². The molecule has 6 nitrogen and oxygen atoms in total. The Bertz CT molecular complexity index is 1310. The summed E-state index contributed by atoms with van der Waals surface area (Å²) in [5.74, 6) is -0.269. The first-order chi connectivity index (χ1) is 14.9. The number of benzene rings is 1. The summed E-state index contributed by atoms with van der Waals surface area (Å²) in [7, 11) is 0. The van der Waals surface area contributed by atoms with Crippen LogP contribution in [0.1, 0.15) is 26.5 Å². The number of rotatable bonds is 3. The van der Waals surface area contributed by atoms with E-state index in [1.54, 1.807) is 18.5 Å². The molecule has 0 bridgehead atoms. The molecule has 1 fully saturated rings. The Morgan fingerprint density at radius 2 is 1.94 bits per heavy atom. The van der Waals surface area contributed by atoms with Crippen LogP contribution < -0.4 is 5.73 Å². The summed E-state index contributed by atoms with van der Waals surface area (Å²) in [5.41, 5.74) is 9.15. The highest BCUT2D eigenvalue weighted by molar-refractivity contribution is 7.21. The van der Waals surface area contributed by atoms with Gasteiger partial charge >= 0.3 is 0 Å². The number of likely N-dealkylation sites (tertiary alicyclic amines) is 1. The van der Waals surface area contributed by atoms with Gasteiger partial charge in [0, 0.05) is 17.8 Å². The smallest absolute Gasteiger partial charge is 0.266 e. The normalized spacial score (nSPS) is 15.1. The predicted octanol–water partition coefficient (Wildman–Crippen LogP) is 4.27. The lowest BCUT2D eigenvalue weighted by molar-refractivity contribution is -0.0227. The van der Waals surface area contributed by atoms with E-state index in [9.17, 15) is 4.79 Å². The van der Waals surface area contributed by atoms with Crippen molar-refractivity contribution in [1.29, 1.82) is 0 Å². The Balaban J connectivity index is 1.39. The SMILES string of the molecule is Cc1nnc2sc(C(=O)N3CC(F)(c4cccc(-c5cccnc5)c4)C3)c(N)c2c1C. The summed E-state index contributed by atoms with van der Waals surface area (Å²) in [4.78, 5) is 19.7. The van der Waals surface area contributed by atoms with Crippen LogP contribution in [0.4, 0.5) is 10.1 Å². The first-order valence-electron chi connectivity index (χ1n) is 9.88. The maximum Gasteiger partial charge on any atom is 0.266 e. The van der Waals surface area contributed by atoms with Crippen molar-refractivity contribution in [2.24, 2.45) is 0 Å². The molecular weight excluding hydrogens is 413 g/mol. The summed E-state index contributed by atoms with van der Waals surface area (Å²) >= 11 is 1.21. The van der Waals surface area contributed by atoms with Crippen molar-refractivity contribution in [1.82, 2.24) is 20.1 Å². The second kappa shape index (κ2) is 7.09. The van der Waals surface area contributed by atoms with Crippen molar-refractivity contribution in [2.45, 2.75) is 19.5 Å². The number of hydrogen-bond donors (Lipinski definition) is 1. The molecule has 8 heteroatoms. The van der Waals surface area contributed by atoms with Crippen molar-refractivity contribution >= 4 is 33.1 Å². The molecular formula is C23H20FN5OS. The van der Waals surface area contributed by atoms with Crippen LogP contribution in [0.3, 0.4) is 0 Å². The molecule has 4 aromatic rings. The fraction of sp³-hybridized carbons (Fsp3) is 0.217. The van der Waals surface area contributed by atoms with E-state index < -0.39 is 5.67 Å². The van der Waals surface area contributed by atoms with Crippen molar-refractivity contribution in [2.75, 3.05) is 18.8 Å². The number of nitrogen functional groups attached to an aromatic ring is 1. The van der Waals surface area contributed by atoms with Crippen molar-refractivity contribution in [3.8, 4) is 11.1 Å². The number of nitrogens with zero attached hydrogens (tertiary/aromatic N) is 4. The lowest BCUT2D eigenvalue weighted by Gasteiger charge is -2.44. The van der Waals surface area contributed by atoms with Gasteiger partial charge in [0.25, 0.3) is 5.91 Å². The van der Waals surface area contributed by atoms with Crippen LogP contribution in [0.25, 0.3) is 21.3 Å². The number of thiophene rings is 1. The van der Waals surface area contributed by atoms with Crippen LogP contribution in [0, 0.1) is 13.8 Å². The van der Waals surface area contributed by atoms with Crippen molar-refractivity contribution in [3.63, 3.8) is 0 Å². The van der Waals surface area contributed by atoms with Gasteiger partial charge in [0.05, 0.1) is 24.5 Å². The van der Waals surface area contributed by atoms with Gasteiger partial charge in [-0.1, -0.05) is 24.3 Å². The molecule has 0 spiro atoms. The zero-order chi connectivity index (χ0) is 21.8. The molecule has 1 amide bonds. The van der Waals surface area contributed by atoms with Gasteiger partial charge in [-0.3, -0.25) is 9.78 Å². The summed E-state index contributed by atoms with van der Waals surface area (Å²) in [5, 5.41) is 9.03. The fourth-order valence-corrected chi connectivity index (χ4v) is 5.01. The van der Waals surface area contributed by atoms with Crippen LogP contribution in [-0.4, -0.2) is 39.1 Å². The summed E-state index contributed by atoms with van der Waals surface area (Å²) in [6.07, 6.45) is 3.45. The number of aromatic nitrogens is 3. The molecule has 5 rings (SSSR count). The molecule has 3 aromatic heterocycles. The van der Waals surface area contributed by atoms with Crippen molar-refractivity contribution in [3.05, 3.63) is 70.5 Å². The number of aryl methyl sites for hydroxylation is 2. The molecule has 0 radical (unpaired) electrons. The van der Waals surface area contributed by atoms with Crippen LogP contribution in [0.15, 0.2) is 48.8 Å². The van der Waals surface area contributed by atoms with Gasteiger partial charge in [-0.05, 0) is 48.2 Å². The highest BCUT2D eigenvalue weighted by Crippen LogP contribution is 2.41. The number of nitrogens with two attached hydrogens (primary N) is 1. The number of carbonyl (C=O) groups excluding carboxylic acids is 1. The largest absolute Gasteiger partial charge is 0.397 e. The fourth-order valence-electron chi connectivity index (χ4n) is 3.94. The van der Waals surface area contributed by atoms with Crippen LogP contribution in [-0.2, 0) is 5.67 Å². The number of alkyl halides is 1. The Morgan fingerprint density at radius 3 is 2.68 bits per heavy atom. The van der Waals surface area contributed by atoms with Gasteiger partial charge in [-0.25, -0.2) is 4.39 Å². The van der Waals surface area contributed by atoms with Crippen molar-refractivity contribution < 1.29 is 9.18 Å². The topological polar surface area (TPSA) is 85.0 Å².